The molecule has 0 radical (unpaired) electrons. The first kappa shape index (κ1) is 9.80. The Labute approximate surface area is 88.4 Å². The lowest BCUT2D eigenvalue weighted by Gasteiger charge is -2.12. The van der Waals surface area contributed by atoms with Crippen molar-refractivity contribution in [1.82, 2.24) is 10.2 Å². The first-order valence-electron chi connectivity index (χ1n) is 4.85. The molecule has 0 saturated carbocycles. The fourth-order valence-corrected chi connectivity index (χ4v) is 1.55. The third-order valence-electron chi connectivity index (χ3n) is 2.33. The van der Waals surface area contributed by atoms with Gasteiger partial charge in [-0.1, -0.05) is 30.3 Å². The summed E-state index contributed by atoms with van der Waals surface area (Å²) < 4.78 is 0. The van der Waals surface area contributed by atoms with E-state index in [-0.39, 0.29) is 12.5 Å². The van der Waals surface area contributed by atoms with Crippen molar-refractivity contribution in [2.24, 2.45) is 0 Å². The van der Waals surface area contributed by atoms with Crippen molar-refractivity contribution >= 4 is 0 Å². The predicted octanol–water partition coefficient (Wildman–Crippen LogP) is 1.60. The molecule has 0 amide bonds. The number of rotatable bonds is 3. The molecule has 1 unspecified atom stereocenters. The van der Waals surface area contributed by atoms with Crippen LogP contribution < -0.4 is 0 Å². The number of aromatic nitrogens is 2. The molecule has 3 nitrogen and oxygen atoms in total. The Morgan fingerprint density at radius 3 is 2.47 bits per heavy atom. The molecule has 2 aromatic rings. The maximum Gasteiger partial charge on any atom is 0.0728 e. The molecule has 1 atom stereocenters. The highest BCUT2D eigenvalue weighted by molar-refractivity contribution is 5.27. The smallest absolute Gasteiger partial charge is 0.0728 e. The van der Waals surface area contributed by atoms with Gasteiger partial charge in [0.1, 0.15) is 0 Å². The average molecular weight is 200 g/mol. The third kappa shape index (κ3) is 2.19. The Bertz CT molecular complexity index is 363. The van der Waals surface area contributed by atoms with E-state index < -0.39 is 0 Å². The lowest BCUT2D eigenvalue weighted by atomic mass is 9.96. The van der Waals surface area contributed by atoms with Gasteiger partial charge < -0.3 is 5.11 Å². The zero-order chi connectivity index (χ0) is 10.5. The molecule has 76 valence electrons. The normalized spacial score (nSPS) is 12.3. The molecule has 2 rings (SSSR count). The Hall–Kier alpha value is -1.74. The van der Waals surface area contributed by atoms with Gasteiger partial charge in [0.2, 0.25) is 0 Å². The van der Waals surface area contributed by atoms with Crippen LogP contribution in [-0.2, 0) is 0 Å². The number of hydrogen-bond acceptors (Lipinski definition) is 3. The second-order valence-corrected chi connectivity index (χ2v) is 3.29. The monoisotopic (exact) mass is 200 g/mol. The van der Waals surface area contributed by atoms with Gasteiger partial charge in [-0.3, -0.25) is 0 Å². The lowest BCUT2D eigenvalue weighted by molar-refractivity contribution is 0.278. The number of hydrogen-bond donors (Lipinski definition) is 1. The van der Waals surface area contributed by atoms with E-state index in [0.29, 0.717) is 0 Å². The minimum absolute atomic E-state index is 0.0444. The summed E-state index contributed by atoms with van der Waals surface area (Å²) >= 11 is 0. The Balaban J connectivity index is 2.34. The molecule has 1 aromatic carbocycles. The van der Waals surface area contributed by atoms with E-state index in [1.165, 1.54) is 0 Å². The van der Waals surface area contributed by atoms with E-state index in [1.54, 1.807) is 6.20 Å². The number of aliphatic hydroxyl groups excluding tert-OH is 1. The maximum atomic E-state index is 9.37. The van der Waals surface area contributed by atoms with Crippen LogP contribution in [-0.4, -0.2) is 21.9 Å². The summed E-state index contributed by atoms with van der Waals surface area (Å²) in [4.78, 5) is 0. The van der Waals surface area contributed by atoms with E-state index in [2.05, 4.69) is 10.2 Å². The molecular weight excluding hydrogens is 188 g/mol. The van der Waals surface area contributed by atoms with Crippen LogP contribution in [0.1, 0.15) is 17.2 Å². The Morgan fingerprint density at radius 2 is 1.87 bits per heavy atom. The Morgan fingerprint density at radius 1 is 1.07 bits per heavy atom. The van der Waals surface area contributed by atoms with Gasteiger partial charge >= 0.3 is 0 Å². The number of nitrogens with zero attached hydrogens (tertiary/aromatic N) is 2. The highest BCUT2D eigenvalue weighted by Gasteiger charge is 2.13. The van der Waals surface area contributed by atoms with Gasteiger partial charge in [0.15, 0.2) is 0 Å². The quantitative estimate of drug-likeness (QED) is 0.818. The van der Waals surface area contributed by atoms with E-state index in [1.807, 2.05) is 42.5 Å². The van der Waals surface area contributed by atoms with E-state index in [0.717, 1.165) is 11.3 Å². The largest absolute Gasteiger partial charge is 0.395 e. The highest BCUT2D eigenvalue weighted by Crippen LogP contribution is 2.21. The molecule has 0 fully saturated rings. The molecule has 1 N–H and O–H groups in total. The second-order valence-electron chi connectivity index (χ2n) is 3.29. The van der Waals surface area contributed by atoms with Crippen LogP contribution in [0.25, 0.3) is 0 Å². The summed E-state index contributed by atoms with van der Waals surface area (Å²) in [6.45, 7) is 0.0444. The van der Waals surface area contributed by atoms with Crippen molar-refractivity contribution in [3.05, 3.63) is 59.9 Å². The van der Waals surface area contributed by atoms with Gasteiger partial charge in [-0.05, 0) is 17.7 Å². The van der Waals surface area contributed by atoms with Gasteiger partial charge in [0.25, 0.3) is 0 Å². The van der Waals surface area contributed by atoms with Crippen LogP contribution in [0.15, 0.2) is 48.7 Å². The number of aliphatic hydroxyl groups is 1. The molecule has 0 saturated heterocycles. The first-order valence-corrected chi connectivity index (χ1v) is 4.85. The van der Waals surface area contributed by atoms with Crippen LogP contribution in [0.4, 0.5) is 0 Å². The number of benzene rings is 1. The molecule has 0 aliphatic heterocycles. The summed E-state index contributed by atoms with van der Waals surface area (Å²) in [5.74, 6) is -0.0834. The molecule has 15 heavy (non-hydrogen) atoms. The van der Waals surface area contributed by atoms with Crippen molar-refractivity contribution in [2.75, 3.05) is 6.61 Å². The summed E-state index contributed by atoms with van der Waals surface area (Å²) in [5, 5.41) is 17.2. The van der Waals surface area contributed by atoms with Crippen molar-refractivity contribution in [2.45, 2.75) is 5.92 Å². The van der Waals surface area contributed by atoms with E-state index >= 15 is 0 Å². The van der Waals surface area contributed by atoms with Gasteiger partial charge in [-0.15, -0.1) is 0 Å². The van der Waals surface area contributed by atoms with Gasteiger partial charge in [-0.25, -0.2) is 0 Å². The summed E-state index contributed by atoms with van der Waals surface area (Å²) in [6.07, 6.45) is 1.63. The zero-order valence-corrected chi connectivity index (χ0v) is 8.24. The minimum atomic E-state index is -0.0834. The first-order chi connectivity index (χ1) is 7.42. The standard InChI is InChI=1S/C12H12N2O/c15-9-11(10-5-2-1-3-6-10)12-7-4-8-13-14-12/h1-8,11,15H,9H2. The van der Waals surface area contributed by atoms with Crippen LogP contribution in [0.3, 0.4) is 0 Å². The Kier molecular flexibility index (Phi) is 3.05. The molecular formula is C12H12N2O. The van der Waals surface area contributed by atoms with Crippen LogP contribution in [0.5, 0.6) is 0 Å². The van der Waals surface area contributed by atoms with E-state index in [9.17, 15) is 5.11 Å². The molecule has 1 heterocycles. The van der Waals surface area contributed by atoms with Crippen molar-refractivity contribution in [3.8, 4) is 0 Å². The van der Waals surface area contributed by atoms with Gasteiger partial charge in [0, 0.05) is 6.20 Å². The summed E-state index contributed by atoms with van der Waals surface area (Å²) in [5.41, 5.74) is 1.85. The molecule has 0 spiro atoms. The fraction of sp³-hybridized carbons (Fsp3) is 0.167. The molecule has 1 aromatic heterocycles. The summed E-state index contributed by atoms with van der Waals surface area (Å²) in [6, 6.07) is 13.5. The average Bonchev–Trinajstić information content (AvgIpc) is 2.33. The molecule has 3 heteroatoms. The molecule has 0 aliphatic carbocycles. The van der Waals surface area contributed by atoms with Crippen LogP contribution in [0.2, 0.25) is 0 Å². The minimum Gasteiger partial charge on any atom is -0.395 e. The maximum absolute atomic E-state index is 9.37. The van der Waals surface area contributed by atoms with Gasteiger partial charge in [0.05, 0.1) is 18.2 Å². The predicted molar refractivity (Wildman–Crippen MR) is 57.4 cm³/mol. The molecule has 0 aliphatic rings. The van der Waals surface area contributed by atoms with Crippen molar-refractivity contribution in [3.63, 3.8) is 0 Å². The molecule has 0 bridgehead atoms. The second kappa shape index (κ2) is 4.66. The fourth-order valence-electron chi connectivity index (χ4n) is 1.55. The highest BCUT2D eigenvalue weighted by atomic mass is 16.3. The zero-order valence-electron chi connectivity index (χ0n) is 8.24. The third-order valence-corrected chi connectivity index (χ3v) is 2.33. The lowest BCUT2D eigenvalue weighted by Crippen LogP contribution is -2.08. The summed E-state index contributed by atoms with van der Waals surface area (Å²) in [7, 11) is 0. The van der Waals surface area contributed by atoms with Crippen LogP contribution in [0, 0.1) is 0 Å². The topological polar surface area (TPSA) is 46.0 Å². The SMILES string of the molecule is OCC(c1ccccc1)c1cccnn1. The van der Waals surface area contributed by atoms with Gasteiger partial charge in [-0.2, -0.15) is 10.2 Å². The van der Waals surface area contributed by atoms with Crippen molar-refractivity contribution in [1.29, 1.82) is 0 Å². The van der Waals surface area contributed by atoms with E-state index in [4.69, 9.17) is 0 Å². The van der Waals surface area contributed by atoms with Crippen molar-refractivity contribution < 1.29 is 5.11 Å². The van der Waals surface area contributed by atoms with Crippen LogP contribution >= 0.6 is 0 Å².